The van der Waals surface area contributed by atoms with Crippen LogP contribution in [0.4, 0.5) is 0 Å². The molecule has 1 aromatic carbocycles. The van der Waals surface area contributed by atoms with Crippen LogP contribution < -0.4 is 4.52 Å². The van der Waals surface area contributed by atoms with Crippen molar-refractivity contribution in [1.29, 1.82) is 0 Å². The summed E-state index contributed by atoms with van der Waals surface area (Å²) in [5.41, 5.74) is 2.63. The lowest BCUT2D eigenvalue weighted by Crippen LogP contribution is -2.71. The van der Waals surface area contributed by atoms with Gasteiger partial charge in [0, 0.05) is 18.4 Å². The summed E-state index contributed by atoms with van der Waals surface area (Å²) in [7, 11) is -1.04. The van der Waals surface area contributed by atoms with Crippen molar-refractivity contribution in [2.45, 2.75) is 115 Å². The third-order valence-electron chi connectivity index (χ3n) is 6.30. The number of benzene rings is 1. The summed E-state index contributed by atoms with van der Waals surface area (Å²) in [5, 5.41) is -0.805. The predicted molar refractivity (Wildman–Crippen MR) is 117 cm³/mol. The van der Waals surface area contributed by atoms with Crippen molar-refractivity contribution in [2.75, 3.05) is 0 Å². The van der Waals surface area contributed by atoms with Gasteiger partial charge in [-0.15, -0.1) is 0 Å². The summed E-state index contributed by atoms with van der Waals surface area (Å²) in [6, 6.07) is 6.68. The maximum Gasteiger partial charge on any atom is 0.173 e. The first-order valence-electron chi connectivity index (χ1n) is 10.7. The van der Waals surface area contributed by atoms with E-state index in [1.165, 1.54) is 11.1 Å². The molecule has 29 heavy (non-hydrogen) atoms. The molecular formula is C24H37O4P. The minimum Gasteiger partial charge on any atom is -0.468 e. The normalized spacial score (nSPS) is 41.7. The fourth-order valence-corrected chi connectivity index (χ4v) is 8.67. The first-order chi connectivity index (χ1) is 13.0. The van der Waals surface area contributed by atoms with Gasteiger partial charge >= 0.3 is 0 Å². The third kappa shape index (κ3) is 3.55. The Balaban J connectivity index is 1.75. The number of rotatable bonds is 2. The lowest BCUT2D eigenvalue weighted by atomic mass is 9.80. The molecule has 4 aliphatic rings. The molecule has 4 unspecified atom stereocenters. The minimum atomic E-state index is -1.04. The van der Waals surface area contributed by atoms with E-state index >= 15 is 0 Å². The summed E-state index contributed by atoms with van der Waals surface area (Å²) in [4.78, 5) is 0. The van der Waals surface area contributed by atoms with Crippen molar-refractivity contribution in [2.24, 2.45) is 0 Å². The van der Waals surface area contributed by atoms with Crippen LogP contribution in [0.2, 0.25) is 0 Å². The molecule has 4 aliphatic heterocycles. The molecule has 1 aromatic rings. The van der Waals surface area contributed by atoms with E-state index in [-0.39, 0.29) is 10.8 Å². The molecule has 0 saturated carbocycles. The fraction of sp³-hybridized carbons (Fsp3) is 0.750. The summed E-state index contributed by atoms with van der Waals surface area (Å²) < 4.78 is 26.1. The van der Waals surface area contributed by atoms with E-state index in [2.05, 4.69) is 73.6 Å². The Morgan fingerprint density at radius 2 is 1.31 bits per heavy atom. The van der Waals surface area contributed by atoms with Crippen molar-refractivity contribution in [3.05, 3.63) is 29.3 Å². The van der Waals surface area contributed by atoms with Crippen LogP contribution in [-0.2, 0) is 25.0 Å². The van der Waals surface area contributed by atoms with Crippen molar-refractivity contribution in [1.82, 2.24) is 0 Å². The molecule has 0 N–H and O–H groups in total. The molecule has 5 rings (SSSR count). The summed E-state index contributed by atoms with van der Waals surface area (Å²) in [5.74, 6) is -0.269. The fourth-order valence-electron chi connectivity index (χ4n) is 5.52. The Morgan fingerprint density at radius 3 is 1.76 bits per heavy atom. The van der Waals surface area contributed by atoms with Crippen molar-refractivity contribution >= 4 is 8.15 Å². The quantitative estimate of drug-likeness (QED) is 0.494. The van der Waals surface area contributed by atoms with Gasteiger partial charge < -0.3 is 18.7 Å². The van der Waals surface area contributed by atoms with E-state index in [9.17, 15) is 0 Å². The summed E-state index contributed by atoms with van der Waals surface area (Å²) >= 11 is 0. The van der Waals surface area contributed by atoms with E-state index in [4.69, 9.17) is 18.7 Å². The molecule has 0 spiro atoms. The van der Waals surface area contributed by atoms with Crippen LogP contribution in [0.1, 0.15) is 93.2 Å². The smallest absolute Gasteiger partial charge is 0.173 e. The van der Waals surface area contributed by atoms with Gasteiger partial charge in [-0.3, -0.25) is 0 Å². The maximum absolute atomic E-state index is 6.87. The van der Waals surface area contributed by atoms with Crippen LogP contribution in [0, 0.1) is 0 Å². The first kappa shape index (κ1) is 21.6. The Labute approximate surface area is 177 Å². The average molecular weight is 421 g/mol. The zero-order chi connectivity index (χ0) is 21.7. The zero-order valence-electron chi connectivity index (χ0n) is 19.7. The second kappa shape index (κ2) is 5.97. The Morgan fingerprint density at radius 1 is 0.793 bits per heavy atom. The minimum absolute atomic E-state index is 0.0243. The van der Waals surface area contributed by atoms with Crippen LogP contribution in [0.3, 0.4) is 0 Å². The molecule has 4 saturated heterocycles. The molecular weight excluding hydrogens is 383 g/mol. The highest BCUT2D eigenvalue weighted by Crippen LogP contribution is 2.76. The Kier molecular flexibility index (Phi) is 4.44. The first-order valence-corrected chi connectivity index (χ1v) is 12.0. The largest absolute Gasteiger partial charge is 0.468 e. The van der Waals surface area contributed by atoms with Gasteiger partial charge in [0.2, 0.25) is 0 Å². The highest BCUT2D eigenvalue weighted by Gasteiger charge is 2.73. The molecule has 0 aromatic heterocycles. The summed E-state index contributed by atoms with van der Waals surface area (Å²) in [6.45, 7) is 21.9. The standard InChI is InChI=1S/C24H37O4P/c1-19(2,3)16-11-12-18(17(13-16)20(4,5)6)25-29-23(9)14-21(7)26-22(8,28-23)15-24(29,10)27-21/h11-13H,14-15H2,1-10H3. The second-order valence-corrected chi connectivity index (χ2v) is 14.5. The Bertz CT molecular complexity index is 790. The van der Waals surface area contributed by atoms with E-state index in [0.717, 1.165) is 5.75 Å². The SMILES string of the molecule is CC12CC3(C)OC(C)(CC(C)(O1)P3Oc1ccc(C(C)(C)C)cc1C(C)(C)C)O2. The van der Waals surface area contributed by atoms with Gasteiger partial charge in [0.1, 0.15) is 16.4 Å². The third-order valence-corrected chi connectivity index (χ3v) is 8.90. The van der Waals surface area contributed by atoms with Crippen LogP contribution in [0.25, 0.3) is 0 Å². The predicted octanol–water partition coefficient (Wildman–Crippen LogP) is 6.79. The molecule has 4 nitrogen and oxygen atoms in total. The van der Waals surface area contributed by atoms with Crippen LogP contribution in [-0.4, -0.2) is 22.3 Å². The lowest BCUT2D eigenvalue weighted by molar-refractivity contribution is -0.469. The molecule has 4 bridgehead atoms. The van der Waals surface area contributed by atoms with Gasteiger partial charge in [0.25, 0.3) is 0 Å². The number of hydrogen-bond donors (Lipinski definition) is 0. The van der Waals surface area contributed by atoms with E-state index in [1.54, 1.807) is 0 Å². The van der Waals surface area contributed by atoms with Gasteiger partial charge in [-0.2, -0.15) is 0 Å². The van der Waals surface area contributed by atoms with Gasteiger partial charge in [-0.1, -0.05) is 53.7 Å². The topological polar surface area (TPSA) is 36.9 Å². The van der Waals surface area contributed by atoms with Crippen molar-refractivity contribution < 1.29 is 18.7 Å². The van der Waals surface area contributed by atoms with Crippen molar-refractivity contribution in [3.63, 3.8) is 0 Å². The van der Waals surface area contributed by atoms with E-state index in [0.29, 0.717) is 12.8 Å². The van der Waals surface area contributed by atoms with E-state index in [1.807, 2.05) is 13.8 Å². The molecule has 4 heterocycles. The highest BCUT2D eigenvalue weighted by molar-refractivity contribution is 7.56. The van der Waals surface area contributed by atoms with Gasteiger partial charge in [0.05, 0.1) is 0 Å². The van der Waals surface area contributed by atoms with Gasteiger partial charge in [-0.05, 0) is 50.2 Å². The van der Waals surface area contributed by atoms with Gasteiger partial charge in [-0.25, -0.2) is 0 Å². The van der Waals surface area contributed by atoms with Crippen LogP contribution >= 0.6 is 8.15 Å². The molecule has 5 heteroatoms. The van der Waals surface area contributed by atoms with Gasteiger partial charge in [0.15, 0.2) is 19.7 Å². The Hall–Kier alpha value is -0.670. The molecule has 0 aliphatic carbocycles. The molecule has 4 atom stereocenters. The monoisotopic (exact) mass is 420 g/mol. The second-order valence-electron chi connectivity index (χ2n) is 11.9. The van der Waals surface area contributed by atoms with Crippen LogP contribution in [0.15, 0.2) is 18.2 Å². The molecule has 0 amide bonds. The molecule has 0 radical (unpaired) electrons. The van der Waals surface area contributed by atoms with Crippen molar-refractivity contribution in [3.8, 4) is 5.75 Å². The number of ether oxygens (including phenoxy) is 3. The molecule has 162 valence electrons. The highest BCUT2D eigenvalue weighted by atomic mass is 31.1. The number of hydrogen-bond acceptors (Lipinski definition) is 4. The van der Waals surface area contributed by atoms with Crippen LogP contribution in [0.5, 0.6) is 5.75 Å². The lowest BCUT2D eigenvalue weighted by Gasteiger charge is -2.68. The average Bonchev–Trinajstić information content (AvgIpc) is 2.45. The maximum atomic E-state index is 6.87. The molecule has 4 fully saturated rings. The zero-order valence-corrected chi connectivity index (χ0v) is 20.6. The van der Waals surface area contributed by atoms with E-state index < -0.39 is 30.4 Å². The summed E-state index contributed by atoms with van der Waals surface area (Å²) in [6.07, 6.45) is 1.36.